The van der Waals surface area contributed by atoms with Gasteiger partial charge in [0.15, 0.2) is 0 Å². The average Bonchev–Trinajstić information content (AvgIpc) is 2.64. The quantitative estimate of drug-likeness (QED) is 0.245. The fraction of sp³-hybridized carbons (Fsp3) is 0.333. The Kier molecular flexibility index (Phi) is 6.67. The molecule has 2 rings (SSSR count). The Bertz CT molecular complexity index is 789. The zero-order valence-electron chi connectivity index (χ0n) is 15.1. The lowest BCUT2D eigenvalue weighted by Gasteiger charge is -2.34. The summed E-state index contributed by atoms with van der Waals surface area (Å²) in [5.41, 5.74) is 0.875. The number of hydrogen-bond acceptors (Lipinski definition) is 6. The van der Waals surface area contributed by atoms with Crippen LogP contribution in [0, 0.1) is 10.1 Å². The van der Waals surface area contributed by atoms with Gasteiger partial charge in [0.1, 0.15) is 6.61 Å². The molecule has 1 aromatic carbocycles. The van der Waals surface area contributed by atoms with Gasteiger partial charge in [-0.1, -0.05) is 18.2 Å². The van der Waals surface area contributed by atoms with Crippen molar-refractivity contribution >= 4 is 17.7 Å². The molecular weight excluding hydrogens is 354 g/mol. The number of carbonyl (C=O) groups is 2. The molecule has 0 aromatic heterocycles. The van der Waals surface area contributed by atoms with Crippen molar-refractivity contribution in [2.45, 2.75) is 13.0 Å². The summed E-state index contributed by atoms with van der Waals surface area (Å²) >= 11 is 0. The van der Waals surface area contributed by atoms with Crippen LogP contribution in [0.2, 0.25) is 0 Å². The molecule has 0 saturated carbocycles. The van der Waals surface area contributed by atoms with Crippen molar-refractivity contribution in [2.24, 2.45) is 0 Å². The number of allylic oxidation sites excluding steroid dienone is 1. The minimum Gasteiger partial charge on any atom is -0.460 e. The first-order valence-corrected chi connectivity index (χ1v) is 8.20. The number of benzene rings is 1. The Morgan fingerprint density at radius 3 is 2.81 bits per heavy atom. The van der Waals surface area contributed by atoms with E-state index in [0.717, 1.165) is 0 Å². The van der Waals surface area contributed by atoms with Gasteiger partial charge in [0.25, 0.3) is 5.69 Å². The van der Waals surface area contributed by atoms with Gasteiger partial charge in [0.05, 0.1) is 23.1 Å². The number of rotatable bonds is 8. The highest BCUT2D eigenvalue weighted by Gasteiger charge is 2.36. The van der Waals surface area contributed by atoms with E-state index in [1.54, 1.807) is 13.0 Å². The summed E-state index contributed by atoms with van der Waals surface area (Å²) in [4.78, 5) is 37.0. The molecule has 1 atom stereocenters. The number of hydrogen-bond donors (Lipinski definition) is 1. The number of methoxy groups -OCH3 is 1. The molecule has 9 nitrogen and oxygen atoms in total. The van der Waals surface area contributed by atoms with Gasteiger partial charge in [-0.25, -0.2) is 9.59 Å². The van der Waals surface area contributed by atoms with E-state index in [1.165, 1.54) is 36.3 Å². The molecule has 0 bridgehead atoms. The van der Waals surface area contributed by atoms with Gasteiger partial charge >= 0.3 is 12.0 Å². The van der Waals surface area contributed by atoms with E-state index in [4.69, 9.17) is 9.47 Å². The predicted octanol–water partition coefficient (Wildman–Crippen LogP) is 2.31. The van der Waals surface area contributed by atoms with E-state index in [-0.39, 0.29) is 31.0 Å². The van der Waals surface area contributed by atoms with Crippen LogP contribution in [0.4, 0.5) is 10.5 Å². The van der Waals surface area contributed by atoms with Crippen molar-refractivity contribution in [3.8, 4) is 0 Å². The summed E-state index contributed by atoms with van der Waals surface area (Å²) in [5, 5.41) is 13.8. The summed E-state index contributed by atoms with van der Waals surface area (Å²) in [6, 6.07) is 4.47. The van der Waals surface area contributed by atoms with Gasteiger partial charge in [-0.05, 0) is 12.5 Å². The molecule has 0 spiro atoms. The van der Waals surface area contributed by atoms with Gasteiger partial charge in [-0.2, -0.15) is 0 Å². The Balaban J connectivity index is 2.48. The smallest absolute Gasteiger partial charge is 0.338 e. The first kappa shape index (κ1) is 20.1. The average molecular weight is 375 g/mol. The maximum atomic E-state index is 12.7. The number of nitro groups is 1. The molecular formula is C18H21N3O6. The van der Waals surface area contributed by atoms with Crippen molar-refractivity contribution in [1.29, 1.82) is 0 Å². The number of carbonyl (C=O) groups excluding carboxylic acids is 2. The molecule has 2 amide bonds. The van der Waals surface area contributed by atoms with Crippen molar-refractivity contribution < 1.29 is 24.0 Å². The fourth-order valence-electron chi connectivity index (χ4n) is 2.76. The number of nitrogens with one attached hydrogen (secondary N) is 1. The molecule has 1 aliphatic rings. The van der Waals surface area contributed by atoms with Crippen LogP contribution < -0.4 is 5.32 Å². The Morgan fingerprint density at radius 2 is 2.19 bits per heavy atom. The first-order chi connectivity index (χ1) is 12.9. The molecule has 0 radical (unpaired) electrons. The highest BCUT2D eigenvalue weighted by molar-refractivity contribution is 5.95. The second-order valence-electron chi connectivity index (χ2n) is 5.76. The number of amides is 2. The number of nitro benzene ring substituents is 1. The van der Waals surface area contributed by atoms with E-state index in [9.17, 15) is 19.7 Å². The lowest BCUT2D eigenvalue weighted by Crippen LogP contribution is -2.48. The van der Waals surface area contributed by atoms with Gasteiger partial charge < -0.3 is 14.8 Å². The number of ether oxygens (including phenoxy) is 2. The van der Waals surface area contributed by atoms with Crippen LogP contribution in [-0.4, -0.2) is 48.7 Å². The first-order valence-electron chi connectivity index (χ1n) is 8.20. The Morgan fingerprint density at radius 1 is 1.44 bits per heavy atom. The van der Waals surface area contributed by atoms with Crippen LogP contribution >= 0.6 is 0 Å². The minimum absolute atomic E-state index is 0.0448. The van der Waals surface area contributed by atoms with Gasteiger partial charge in [0.2, 0.25) is 0 Å². The molecule has 0 unspecified atom stereocenters. The van der Waals surface area contributed by atoms with E-state index < -0.39 is 23.0 Å². The van der Waals surface area contributed by atoms with Gasteiger partial charge in [0, 0.05) is 31.5 Å². The molecule has 1 heterocycles. The van der Waals surface area contributed by atoms with Crippen molar-refractivity contribution in [3.05, 3.63) is 63.9 Å². The zero-order valence-corrected chi connectivity index (χ0v) is 15.1. The third kappa shape index (κ3) is 4.50. The largest absolute Gasteiger partial charge is 0.460 e. The van der Waals surface area contributed by atoms with Crippen molar-refractivity contribution in [2.75, 3.05) is 26.9 Å². The van der Waals surface area contributed by atoms with Crippen LogP contribution in [0.1, 0.15) is 18.5 Å². The Hall–Kier alpha value is -3.20. The summed E-state index contributed by atoms with van der Waals surface area (Å²) in [6.07, 6.45) is 1.53. The van der Waals surface area contributed by atoms with Gasteiger partial charge in [-0.15, -0.1) is 6.58 Å². The summed E-state index contributed by atoms with van der Waals surface area (Å²) in [7, 11) is 1.48. The Labute approximate surface area is 156 Å². The van der Waals surface area contributed by atoms with E-state index in [0.29, 0.717) is 11.3 Å². The summed E-state index contributed by atoms with van der Waals surface area (Å²) < 4.78 is 10.1. The molecule has 9 heteroatoms. The molecule has 27 heavy (non-hydrogen) atoms. The number of urea groups is 1. The molecule has 0 fully saturated rings. The highest BCUT2D eigenvalue weighted by Crippen LogP contribution is 2.32. The van der Waals surface area contributed by atoms with E-state index in [2.05, 4.69) is 11.9 Å². The maximum absolute atomic E-state index is 12.7. The van der Waals surface area contributed by atoms with Crippen LogP contribution in [0.15, 0.2) is 48.2 Å². The standard InChI is InChI=1S/C18H21N3O6/c1-4-8-20-12(2)15(17(22)27-10-9-26-3)16(19-18(20)23)13-6-5-7-14(11-13)21(24)25/h4-7,11,16H,1,8-10H2,2-3H3,(H,19,23)/t16-/m1/s1. The number of non-ortho nitro benzene ring substituents is 1. The fourth-order valence-corrected chi connectivity index (χ4v) is 2.76. The van der Waals surface area contributed by atoms with E-state index >= 15 is 0 Å². The molecule has 1 aromatic rings. The lowest BCUT2D eigenvalue weighted by atomic mass is 9.94. The third-order valence-corrected chi connectivity index (χ3v) is 4.06. The second-order valence-corrected chi connectivity index (χ2v) is 5.76. The minimum atomic E-state index is -0.867. The maximum Gasteiger partial charge on any atom is 0.338 e. The number of esters is 1. The monoisotopic (exact) mass is 375 g/mol. The van der Waals surface area contributed by atoms with E-state index in [1.807, 2.05) is 0 Å². The third-order valence-electron chi connectivity index (χ3n) is 4.06. The topological polar surface area (TPSA) is 111 Å². The summed E-state index contributed by atoms with van der Waals surface area (Å²) in [6.45, 7) is 5.71. The normalized spacial score (nSPS) is 16.7. The molecule has 0 aliphatic carbocycles. The zero-order chi connectivity index (χ0) is 20.0. The summed E-state index contributed by atoms with van der Waals surface area (Å²) in [5.74, 6) is -0.630. The van der Waals surface area contributed by atoms with Crippen molar-refractivity contribution in [3.63, 3.8) is 0 Å². The van der Waals surface area contributed by atoms with Crippen LogP contribution in [-0.2, 0) is 14.3 Å². The SMILES string of the molecule is C=CCN1C(=O)N[C@H](c2cccc([N+](=O)[O-])c2)C(C(=O)OCCOC)=C1C. The molecule has 144 valence electrons. The second kappa shape index (κ2) is 8.95. The lowest BCUT2D eigenvalue weighted by molar-refractivity contribution is -0.384. The molecule has 1 N–H and O–H groups in total. The van der Waals surface area contributed by atoms with Crippen molar-refractivity contribution in [1.82, 2.24) is 10.2 Å². The van der Waals surface area contributed by atoms with Crippen LogP contribution in [0.5, 0.6) is 0 Å². The molecule has 1 aliphatic heterocycles. The predicted molar refractivity (Wildman–Crippen MR) is 96.8 cm³/mol. The molecule has 0 saturated heterocycles. The van der Waals surface area contributed by atoms with Crippen LogP contribution in [0.3, 0.4) is 0 Å². The highest BCUT2D eigenvalue weighted by atomic mass is 16.6. The van der Waals surface area contributed by atoms with Crippen LogP contribution in [0.25, 0.3) is 0 Å². The number of nitrogens with zero attached hydrogens (tertiary/aromatic N) is 2. The van der Waals surface area contributed by atoms with Gasteiger partial charge in [-0.3, -0.25) is 15.0 Å².